The van der Waals surface area contributed by atoms with Gasteiger partial charge in [-0.25, -0.2) is 12.8 Å². The highest BCUT2D eigenvalue weighted by atomic mass is 32.2. The van der Waals surface area contributed by atoms with Gasteiger partial charge in [0.05, 0.1) is 10.6 Å². The standard InChI is InChI=1S/C19H23FN2O2S/c1-13-12-14(2)19(22-10-4-5-11-22)15(3)18(13)21-25(23,24)17-8-6-16(20)7-9-17/h6-9,12,21H,4-5,10-11H2,1-3H3. The number of hydrogen-bond acceptors (Lipinski definition) is 3. The molecule has 1 aliphatic rings. The van der Waals surface area contributed by atoms with Gasteiger partial charge in [0.25, 0.3) is 10.0 Å². The molecule has 0 aromatic heterocycles. The fourth-order valence-electron chi connectivity index (χ4n) is 3.57. The van der Waals surface area contributed by atoms with Gasteiger partial charge in [-0.05, 0) is 74.6 Å². The molecule has 1 N–H and O–H groups in total. The molecule has 0 aliphatic carbocycles. The minimum atomic E-state index is -3.76. The van der Waals surface area contributed by atoms with Crippen molar-refractivity contribution in [1.82, 2.24) is 0 Å². The molecule has 4 nitrogen and oxygen atoms in total. The molecule has 3 rings (SSSR count). The first-order chi connectivity index (χ1) is 11.8. The summed E-state index contributed by atoms with van der Waals surface area (Å²) < 4.78 is 41.2. The summed E-state index contributed by atoms with van der Waals surface area (Å²) in [6.45, 7) is 7.90. The largest absolute Gasteiger partial charge is 0.371 e. The van der Waals surface area contributed by atoms with Crippen molar-refractivity contribution in [2.45, 2.75) is 38.5 Å². The molecule has 0 radical (unpaired) electrons. The molecule has 2 aromatic rings. The first kappa shape index (κ1) is 17.7. The van der Waals surface area contributed by atoms with Crippen LogP contribution < -0.4 is 9.62 Å². The number of sulfonamides is 1. The lowest BCUT2D eigenvalue weighted by molar-refractivity contribution is 0.599. The van der Waals surface area contributed by atoms with E-state index >= 15 is 0 Å². The number of hydrogen-bond donors (Lipinski definition) is 1. The van der Waals surface area contributed by atoms with Crippen molar-refractivity contribution in [3.63, 3.8) is 0 Å². The predicted molar refractivity (Wildman–Crippen MR) is 99.3 cm³/mol. The lowest BCUT2D eigenvalue weighted by Gasteiger charge is -2.26. The normalized spacial score (nSPS) is 14.8. The van der Waals surface area contributed by atoms with Crippen molar-refractivity contribution in [2.75, 3.05) is 22.7 Å². The third-order valence-electron chi connectivity index (χ3n) is 4.71. The zero-order chi connectivity index (χ0) is 18.2. The topological polar surface area (TPSA) is 49.4 Å². The van der Waals surface area contributed by atoms with E-state index in [2.05, 4.69) is 16.5 Å². The molecule has 1 aliphatic heterocycles. The zero-order valence-corrected chi connectivity index (χ0v) is 15.6. The second-order valence-electron chi connectivity index (χ2n) is 6.61. The van der Waals surface area contributed by atoms with Crippen LogP contribution in [0, 0.1) is 26.6 Å². The minimum Gasteiger partial charge on any atom is -0.371 e. The van der Waals surface area contributed by atoms with Gasteiger partial charge in [0.15, 0.2) is 0 Å². The van der Waals surface area contributed by atoms with E-state index in [1.807, 2.05) is 19.9 Å². The van der Waals surface area contributed by atoms with Crippen LogP contribution in [0.4, 0.5) is 15.8 Å². The Morgan fingerprint density at radius 2 is 1.60 bits per heavy atom. The van der Waals surface area contributed by atoms with Crippen LogP contribution in [0.3, 0.4) is 0 Å². The van der Waals surface area contributed by atoms with E-state index in [0.29, 0.717) is 5.69 Å². The average Bonchev–Trinajstić information content (AvgIpc) is 3.06. The molecule has 0 amide bonds. The van der Waals surface area contributed by atoms with Gasteiger partial charge < -0.3 is 4.90 Å². The summed E-state index contributed by atoms with van der Waals surface area (Å²) in [5.41, 5.74) is 4.69. The molecule has 0 atom stereocenters. The first-order valence-corrected chi connectivity index (χ1v) is 9.92. The van der Waals surface area contributed by atoms with Gasteiger partial charge in [-0.2, -0.15) is 0 Å². The number of nitrogens with one attached hydrogen (secondary N) is 1. The van der Waals surface area contributed by atoms with E-state index in [1.165, 1.54) is 12.1 Å². The Kier molecular flexibility index (Phi) is 4.73. The van der Waals surface area contributed by atoms with E-state index in [9.17, 15) is 12.8 Å². The highest BCUT2D eigenvalue weighted by Gasteiger charge is 2.22. The summed E-state index contributed by atoms with van der Waals surface area (Å²) in [5.74, 6) is -0.460. The van der Waals surface area contributed by atoms with Crippen LogP contribution in [0.15, 0.2) is 35.2 Å². The summed E-state index contributed by atoms with van der Waals surface area (Å²) >= 11 is 0. The van der Waals surface area contributed by atoms with Crippen LogP contribution in [0.5, 0.6) is 0 Å². The lowest BCUT2D eigenvalue weighted by atomic mass is 10.0. The second kappa shape index (κ2) is 6.67. The van der Waals surface area contributed by atoms with Crippen LogP contribution in [-0.4, -0.2) is 21.5 Å². The molecule has 134 valence electrons. The van der Waals surface area contributed by atoms with Crippen molar-refractivity contribution in [1.29, 1.82) is 0 Å². The fourth-order valence-corrected chi connectivity index (χ4v) is 4.76. The van der Waals surface area contributed by atoms with Crippen LogP contribution in [0.2, 0.25) is 0 Å². The number of aryl methyl sites for hydroxylation is 2. The molecule has 1 fully saturated rings. The van der Waals surface area contributed by atoms with Gasteiger partial charge in [-0.3, -0.25) is 4.72 Å². The maximum Gasteiger partial charge on any atom is 0.261 e. The smallest absolute Gasteiger partial charge is 0.261 e. The summed E-state index contributed by atoms with van der Waals surface area (Å²) in [6.07, 6.45) is 2.31. The highest BCUT2D eigenvalue weighted by molar-refractivity contribution is 7.92. The minimum absolute atomic E-state index is 0.0518. The number of halogens is 1. The molecular formula is C19H23FN2O2S. The summed E-state index contributed by atoms with van der Waals surface area (Å²) in [4.78, 5) is 2.37. The number of rotatable bonds is 4. The van der Waals surface area contributed by atoms with Gasteiger partial charge in [0.2, 0.25) is 0 Å². The van der Waals surface area contributed by atoms with E-state index in [-0.39, 0.29) is 4.90 Å². The zero-order valence-electron chi connectivity index (χ0n) is 14.8. The Labute approximate surface area is 148 Å². The van der Waals surface area contributed by atoms with Crippen molar-refractivity contribution >= 4 is 21.4 Å². The van der Waals surface area contributed by atoms with Gasteiger partial charge in [-0.15, -0.1) is 0 Å². The third-order valence-corrected chi connectivity index (χ3v) is 6.08. The maximum atomic E-state index is 13.1. The molecule has 0 bridgehead atoms. The van der Waals surface area contributed by atoms with Crippen molar-refractivity contribution < 1.29 is 12.8 Å². The Bertz CT molecular complexity index is 887. The Hall–Kier alpha value is -2.08. The first-order valence-electron chi connectivity index (χ1n) is 8.44. The van der Waals surface area contributed by atoms with Crippen LogP contribution in [-0.2, 0) is 10.0 Å². The maximum absolute atomic E-state index is 13.1. The Morgan fingerprint density at radius 1 is 1.00 bits per heavy atom. The molecule has 0 unspecified atom stereocenters. The van der Waals surface area contributed by atoms with Crippen LogP contribution in [0.25, 0.3) is 0 Å². The summed E-state index contributed by atoms with van der Waals surface area (Å²) in [5, 5.41) is 0. The van der Waals surface area contributed by atoms with Crippen LogP contribution in [0.1, 0.15) is 29.5 Å². The lowest BCUT2D eigenvalue weighted by Crippen LogP contribution is -2.22. The molecule has 1 saturated heterocycles. The van der Waals surface area contributed by atoms with Crippen LogP contribution >= 0.6 is 0 Å². The van der Waals surface area contributed by atoms with Crippen molar-refractivity contribution in [2.24, 2.45) is 0 Å². The second-order valence-corrected chi connectivity index (χ2v) is 8.29. The number of benzene rings is 2. The molecule has 2 aromatic carbocycles. The molecular weight excluding hydrogens is 339 g/mol. The number of nitrogens with zero attached hydrogens (tertiary/aromatic N) is 1. The van der Waals surface area contributed by atoms with Crippen molar-refractivity contribution in [3.05, 3.63) is 52.8 Å². The van der Waals surface area contributed by atoms with Gasteiger partial charge in [0, 0.05) is 18.8 Å². The monoisotopic (exact) mass is 362 g/mol. The molecule has 1 heterocycles. The molecule has 0 spiro atoms. The quantitative estimate of drug-likeness (QED) is 0.889. The molecule has 0 saturated carbocycles. The fraction of sp³-hybridized carbons (Fsp3) is 0.368. The Morgan fingerprint density at radius 3 is 2.20 bits per heavy atom. The van der Waals surface area contributed by atoms with E-state index in [1.54, 1.807) is 0 Å². The predicted octanol–water partition coefficient (Wildman–Crippen LogP) is 4.15. The van der Waals surface area contributed by atoms with E-state index < -0.39 is 15.8 Å². The number of anilines is 2. The van der Waals surface area contributed by atoms with Gasteiger partial charge in [-0.1, -0.05) is 6.07 Å². The Balaban J connectivity index is 2.02. The van der Waals surface area contributed by atoms with E-state index in [0.717, 1.165) is 60.4 Å². The van der Waals surface area contributed by atoms with Gasteiger partial charge >= 0.3 is 0 Å². The van der Waals surface area contributed by atoms with Gasteiger partial charge in [0.1, 0.15) is 5.82 Å². The molecule has 25 heavy (non-hydrogen) atoms. The van der Waals surface area contributed by atoms with E-state index in [4.69, 9.17) is 0 Å². The third kappa shape index (κ3) is 3.49. The average molecular weight is 362 g/mol. The summed E-state index contributed by atoms with van der Waals surface area (Å²) in [7, 11) is -3.76. The SMILES string of the molecule is Cc1cc(C)c(N2CCCC2)c(C)c1NS(=O)(=O)c1ccc(F)cc1. The summed E-state index contributed by atoms with van der Waals surface area (Å²) in [6, 6.07) is 6.87. The molecule has 6 heteroatoms. The highest BCUT2D eigenvalue weighted by Crippen LogP contribution is 2.36. The van der Waals surface area contributed by atoms with Crippen molar-refractivity contribution in [3.8, 4) is 0 Å².